The van der Waals surface area contributed by atoms with Crippen LogP contribution >= 0.6 is 0 Å². The van der Waals surface area contributed by atoms with Gasteiger partial charge < -0.3 is 9.64 Å². The molecular formula is C16H22N4O2. The van der Waals surface area contributed by atoms with Crippen LogP contribution in [-0.2, 0) is 4.74 Å². The molecular weight excluding hydrogens is 280 g/mol. The van der Waals surface area contributed by atoms with E-state index in [9.17, 15) is 4.79 Å². The second-order valence-electron chi connectivity index (χ2n) is 6.07. The molecule has 3 rings (SSSR count). The molecule has 0 aliphatic carbocycles. The summed E-state index contributed by atoms with van der Waals surface area (Å²) in [7, 11) is 1.38. The zero-order valence-electron chi connectivity index (χ0n) is 13.3. The third kappa shape index (κ3) is 2.70. The number of piperidine rings is 1. The zero-order chi connectivity index (χ0) is 15.7. The molecule has 0 saturated carbocycles. The normalized spacial score (nSPS) is 19.7. The Bertz CT molecular complexity index is 680. The molecule has 2 aromatic heterocycles. The summed E-state index contributed by atoms with van der Waals surface area (Å²) in [6, 6.07) is 5.91. The van der Waals surface area contributed by atoms with Crippen LogP contribution in [0.5, 0.6) is 0 Å². The number of fused-ring (bicyclic) bond motifs is 1. The highest BCUT2D eigenvalue weighted by atomic mass is 16.5. The van der Waals surface area contributed by atoms with E-state index in [0.717, 1.165) is 31.8 Å². The van der Waals surface area contributed by atoms with Crippen molar-refractivity contribution in [2.45, 2.75) is 38.6 Å². The molecule has 1 aliphatic rings. The number of pyridine rings is 1. The van der Waals surface area contributed by atoms with Gasteiger partial charge in [0.25, 0.3) is 0 Å². The Labute approximate surface area is 130 Å². The first-order valence-corrected chi connectivity index (χ1v) is 7.78. The number of rotatable bonds is 3. The smallest absolute Gasteiger partial charge is 0.356 e. The first-order chi connectivity index (χ1) is 10.6. The molecule has 1 fully saturated rings. The Morgan fingerprint density at radius 2 is 2.23 bits per heavy atom. The Hall–Kier alpha value is -1.95. The van der Waals surface area contributed by atoms with Crippen molar-refractivity contribution in [3.8, 4) is 0 Å². The lowest BCUT2D eigenvalue weighted by Gasteiger charge is -2.34. The largest absolute Gasteiger partial charge is 0.464 e. The van der Waals surface area contributed by atoms with Crippen molar-refractivity contribution in [3.63, 3.8) is 0 Å². The maximum atomic E-state index is 11.8. The van der Waals surface area contributed by atoms with E-state index in [4.69, 9.17) is 4.74 Å². The minimum Gasteiger partial charge on any atom is -0.464 e. The molecule has 1 saturated heterocycles. The van der Waals surface area contributed by atoms with Crippen LogP contribution in [0.2, 0.25) is 0 Å². The Kier molecular flexibility index (Phi) is 4.11. The molecule has 2 aromatic rings. The van der Waals surface area contributed by atoms with Gasteiger partial charge >= 0.3 is 5.97 Å². The van der Waals surface area contributed by atoms with Crippen LogP contribution in [-0.4, -0.2) is 51.7 Å². The maximum absolute atomic E-state index is 11.8. The molecule has 0 radical (unpaired) electrons. The third-order valence-electron chi connectivity index (χ3n) is 4.32. The Morgan fingerprint density at radius 1 is 1.41 bits per heavy atom. The highest BCUT2D eigenvalue weighted by Crippen LogP contribution is 2.26. The second kappa shape index (κ2) is 6.04. The van der Waals surface area contributed by atoms with Gasteiger partial charge in [0.1, 0.15) is 0 Å². The van der Waals surface area contributed by atoms with E-state index >= 15 is 0 Å². The van der Waals surface area contributed by atoms with Crippen molar-refractivity contribution in [2.75, 3.05) is 20.2 Å². The molecule has 0 amide bonds. The third-order valence-corrected chi connectivity index (χ3v) is 4.32. The summed E-state index contributed by atoms with van der Waals surface area (Å²) in [5.74, 6) is 0.748. The Balaban J connectivity index is 1.93. The number of hydrogen-bond acceptors (Lipinski definition) is 5. The van der Waals surface area contributed by atoms with Gasteiger partial charge in [-0.05, 0) is 45.4 Å². The molecule has 118 valence electrons. The number of carbonyl (C=O) groups excluding carboxylic acids is 1. The van der Waals surface area contributed by atoms with Crippen LogP contribution in [0.1, 0.15) is 48.9 Å². The van der Waals surface area contributed by atoms with Gasteiger partial charge in [-0.15, -0.1) is 0 Å². The van der Waals surface area contributed by atoms with E-state index in [1.165, 1.54) is 7.11 Å². The van der Waals surface area contributed by atoms with Crippen molar-refractivity contribution < 1.29 is 9.53 Å². The van der Waals surface area contributed by atoms with Crippen molar-refractivity contribution in [1.29, 1.82) is 0 Å². The highest BCUT2D eigenvalue weighted by Gasteiger charge is 2.26. The van der Waals surface area contributed by atoms with E-state index in [2.05, 4.69) is 28.8 Å². The van der Waals surface area contributed by atoms with E-state index in [1.54, 1.807) is 16.6 Å². The Morgan fingerprint density at radius 3 is 2.95 bits per heavy atom. The van der Waals surface area contributed by atoms with E-state index in [0.29, 0.717) is 23.3 Å². The van der Waals surface area contributed by atoms with Gasteiger partial charge in [0.15, 0.2) is 17.2 Å². The van der Waals surface area contributed by atoms with Gasteiger partial charge in [0.2, 0.25) is 0 Å². The van der Waals surface area contributed by atoms with E-state index in [1.807, 2.05) is 6.07 Å². The fourth-order valence-corrected chi connectivity index (χ4v) is 3.04. The monoisotopic (exact) mass is 302 g/mol. The number of nitrogens with zero attached hydrogens (tertiary/aromatic N) is 4. The summed E-state index contributed by atoms with van der Waals surface area (Å²) in [6.45, 7) is 6.54. The fraction of sp³-hybridized carbons (Fsp3) is 0.562. The first kappa shape index (κ1) is 15.0. The predicted octanol–water partition coefficient (Wildman–Crippen LogP) is 2.10. The molecule has 6 nitrogen and oxygen atoms in total. The average molecular weight is 302 g/mol. The standard InChI is InChI=1S/C16H22N4O2/c1-11(2)19-9-5-6-12(10-19)15-17-14-8-4-7-13(16(21)22-3)20(14)18-15/h4,7-8,11-12H,5-6,9-10H2,1-3H3. The topological polar surface area (TPSA) is 59.7 Å². The number of methoxy groups -OCH3 is 1. The average Bonchev–Trinajstić information content (AvgIpc) is 2.98. The lowest BCUT2D eigenvalue weighted by molar-refractivity contribution is 0.0590. The molecule has 3 heterocycles. The minimum absolute atomic E-state index is 0.321. The van der Waals surface area contributed by atoms with Crippen LogP contribution in [0.25, 0.3) is 5.65 Å². The van der Waals surface area contributed by atoms with Crippen molar-refractivity contribution in [1.82, 2.24) is 19.5 Å². The summed E-state index contributed by atoms with van der Waals surface area (Å²) >= 11 is 0. The summed E-state index contributed by atoms with van der Waals surface area (Å²) in [5, 5.41) is 4.58. The molecule has 0 N–H and O–H groups in total. The predicted molar refractivity (Wildman–Crippen MR) is 83.0 cm³/mol. The van der Waals surface area contributed by atoms with Gasteiger partial charge in [0, 0.05) is 18.5 Å². The molecule has 0 spiro atoms. The van der Waals surface area contributed by atoms with Crippen LogP contribution in [0.3, 0.4) is 0 Å². The number of esters is 1. The number of hydrogen-bond donors (Lipinski definition) is 0. The maximum Gasteiger partial charge on any atom is 0.356 e. The fourth-order valence-electron chi connectivity index (χ4n) is 3.04. The molecule has 6 heteroatoms. The molecule has 1 unspecified atom stereocenters. The van der Waals surface area contributed by atoms with E-state index in [-0.39, 0.29) is 0 Å². The van der Waals surface area contributed by atoms with Crippen LogP contribution < -0.4 is 0 Å². The molecule has 0 aromatic carbocycles. The number of ether oxygens (including phenoxy) is 1. The van der Waals surface area contributed by atoms with Crippen LogP contribution in [0.15, 0.2) is 18.2 Å². The van der Waals surface area contributed by atoms with Gasteiger partial charge in [0.05, 0.1) is 7.11 Å². The minimum atomic E-state index is -0.394. The van der Waals surface area contributed by atoms with Gasteiger partial charge in [-0.25, -0.2) is 14.3 Å². The van der Waals surface area contributed by atoms with Crippen molar-refractivity contribution in [3.05, 3.63) is 29.7 Å². The SMILES string of the molecule is COC(=O)c1cccc2nc(C3CCCN(C(C)C)C3)nn12. The number of carbonyl (C=O) groups is 1. The van der Waals surface area contributed by atoms with Gasteiger partial charge in [-0.2, -0.15) is 5.10 Å². The van der Waals surface area contributed by atoms with Gasteiger partial charge in [-0.1, -0.05) is 6.07 Å². The number of aromatic nitrogens is 3. The summed E-state index contributed by atoms with van der Waals surface area (Å²) in [5.41, 5.74) is 1.11. The molecule has 1 atom stereocenters. The lowest BCUT2D eigenvalue weighted by Crippen LogP contribution is -2.39. The van der Waals surface area contributed by atoms with Crippen LogP contribution in [0, 0.1) is 0 Å². The van der Waals surface area contributed by atoms with E-state index < -0.39 is 5.97 Å². The molecule has 22 heavy (non-hydrogen) atoms. The number of likely N-dealkylation sites (tertiary alicyclic amines) is 1. The quantitative estimate of drug-likeness (QED) is 0.813. The van der Waals surface area contributed by atoms with Crippen LogP contribution in [0.4, 0.5) is 0 Å². The molecule has 1 aliphatic heterocycles. The molecule has 0 bridgehead atoms. The second-order valence-corrected chi connectivity index (χ2v) is 6.07. The summed E-state index contributed by atoms with van der Waals surface area (Å²) in [4.78, 5) is 18.9. The summed E-state index contributed by atoms with van der Waals surface area (Å²) in [6.07, 6.45) is 2.25. The zero-order valence-corrected chi connectivity index (χ0v) is 13.3. The van der Waals surface area contributed by atoms with Gasteiger partial charge in [-0.3, -0.25) is 0 Å². The van der Waals surface area contributed by atoms with Crippen molar-refractivity contribution in [2.24, 2.45) is 0 Å². The first-order valence-electron chi connectivity index (χ1n) is 7.78. The highest BCUT2D eigenvalue weighted by molar-refractivity contribution is 5.88. The lowest BCUT2D eigenvalue weighted by atomic mass is 9.96. The van der Waals surface area contributed by atoms with Crippen molar-refractivity contribution >= 4 is 11.6 Å². The summed E-state index contributed by atoms with van der Waals surface area (Å²) < 4.78 is 6.40.